The molecule has 0 spiro atoms. The predicted octanol–water partition coefficient (Wildman–Crippen LogP) is 6.31. The molecule has 0 unspecified atom stereocenters. The first-order valence-corrected chi connectivity index (χ1v) is 11.0. The molecule has 0 saturated heterocycles. The number of hydrogen-bond donors (Lipinski definition) is 1. The molecule has 4 nitrogen and oxygen atoms in total. The summed E-state index contributed by atoms with van der Waals surface area (Å²) in [5.41, 5.74) is 3.19. The van der Waals surface area contributed by atoms with Crippen LogP contribution in [0.5, 0.6) is 17.2 Å². The number of benzene rings is 3. The Labute approximate surface area is 194 Å². The largest absolute Gasteiger partial charge is 0.497 e. The lowest BCUT2D eigenvalue weighted by atomic mass is 10.1. The maximum atomic E-state index is 6.54. The van der Waals surface area contributed by atoms with Crippen molar-refractivity contribution < 1.29 is 14.2 Å². The minimum absolute atomic E-state index is 0.318. The molecule has 3 rings (SSSR count). The number of ether oxygens (including phenoxy) is 3. The fourth-order valence-corrected chi connectivity index (χ4v) is 3.63. The highest BCUT2D eigenvalue weighted by Gasteiger charge is 2.13. The zero-order chi connectivity index (χ0) is 22.1. The van der Waals surface area contributed by atoms with Crippen molar-refractivity contribution in [2.24, 2.45) is 0 Å². The van der Waals surface area contributed by atoms with Crippen LogP contribution in [0.2, 0.25) is 10.0 Å². The van der Waals surface area contributed by atoms with Crippen LogP contribution in [0, 0.1) is 0 Å². The molecule has 0 amide bonds. The lowest BCUT2D eigenvalue weighted by Gasteiger charge is -2.16. The Kier molecular flexibility index (Phi) is 8.89. The fraction of sp³-hybridized carbons (Fsp3) is 0.280. The minimum atomic E-state index is 0.318. The van der Waals surface area contributed by atoms with E-state index in [1.807, 2.05) is 55.5 Å². The molecule has 0 heterocycles. The van der Waals surface area contributed by atoms with Gasteiger partial charge < -0.3 is 19.5 Å². The second kappa shape index (κ2) is 11.8. The molecule has 1 N–H and O–H groups in total. The number of hydrogen-bond acceptors (Lipinski definition) is 4. The maximum absolute atomic E-state index is 6.54. The summed E-state index contributed by atoms with van der Waals surface area (Å²) in [7, 11) is 1.67. The molecule has 0 saturated carbocycles. The standard InChI is InChI=1S/C25H27Cl2NO3/c1-3-30-24-15-19(16-28-13-12-18-8-10-21(29-2)11-9-18)14-23(27)25(24)31-17-20-6-4-5-7-22(20)26/h4-11,14-15,28H,3,12-13,16-17H2,1-2H3. The third-order valence-corrected chi connectivity index (χ3v) is 5.43. The minimum Gasteiger partial charge on any atom is -0.497 e. The Bertz CT molecular complexity index is 977. The fourth-order valence-electron chi connectivity index (χ4n) is 3.15. The summed E-state index contributed by atoms with van der Waals surface area (Å²) < 4.78 is 17.0. The maximum Gasteiger partial charge on any atom is 0.180 e. The molecule has 0 aliphatic rings. The van der Waals surface area contributed by atoms with Gasteiger partial charge in [-0.05, 0) is 61.3 Å². The van der Waals surface area contributed by atoms with E-state index >= 15 is 0 Å². The zero-order valence-electron chi connectivity index (χ0n) is 17.8. The molecule has 6 heteroatoms. The number of halogens is 2. The van der Waals surface area contributed by atoms with Crippen LogP contribution in [0.1, 0.15) is 23.6 Å². The molecular weight excluding hydrogens is 433 g/mol. The van der Waals surface area contributed by atoms with Crippen molar-refractivity contribution in [1.29, 1.82) is 0 Å². The van der Waals surface area contributed by atoms with E-state index in [4.69, 9.17) is 37.4 Å². The van der Waals surface area contributed by atoms with Gasteiger partial charge in [0.1, 0.15) is 12.4 Å². The van der Waals surface area contributed by atoms with E-state index in [1.165, 1.54) is 5.56 Å². The van der Waals surface area contributed by atoms with Crippen molar-refractivity contribution in [1.82, 2.24) is 5.32 Å². The van der Waals surface area contributed by atoms with Gasteiger partial charge >= 0.3 is 0 Å². The first-order valence-electron chi connectivity index (χ1n) is 10.3. The van der Waals surface area contributed by atoms with Crippen molar-refractivity contribution >= 4 is 23.2 Å². The molecule has 0 atom stereocenters. The molecule has 3 aromatic carbocycles. The topological polar surface area (TPSA) is 39.7 Å². The van der Waals surface area contributed by atoms with E-state index in [9.17, 15) is 0 Å². The first kappa shape index (κ1) is 23.3. The normalized spacial score (nSPS) is 10.7. The van der Waals surface area contributed by atoms with E-state index < -0.39 is 0 Å². The van der Waals surface area contributed by atoms with Gasteiger partial charge in [0.2, 0.25) is 0 Å². The van der Waals surface area contributed by atoms with Crippen LogP contribution in [0.25, 0.3) is 0 Å². The second-order valence-corrected chi connectivity index (χ2v) is 7.81. The van der Waals surface area contributed by atoms with Gasteiger partial charge in [-0.1, -0.05) is 53.5 Å². The lowest BCUT2D eigenvalue weighted by molar-refractivity contribution is 0.269. The first-order chi connectivity index (χ1) is 15.1. The Hall–Kier alpha value is -2.40. The van der Waals surface area contributed by atoms with E-state index in [0.29, 0.717) is 41.3 Å². The summed E-state index contributed by atoms with van der Waals surface area (Å²) in [6.07, 6.45) is 0.926. The Balaban J connectivity index is 1.60. The molecule has 0 aliphatic carbocycles. The summed E-state index contributed by atoms with van der Waals surface area (Å²) in [6.45, 7) is 4.30. The second-order valence-electron chi connectivity index (χ2n) is 6.99. The Morgan fingerprint density at radius 2 is 1.65 bits per heavy atom. The molecule has 0 aliphatic heterocycles. The van der Waals surface area contributed by atoms with Crippen molar-refractivity contribution in [3.05, 3.63) is 87.4 Å². The highest BCUT2D eigenvalue weighted by atomic mass is 35.5. The van der Waals surface area contributed by atoms with Crippen LogP contribution < -0.4 is 19.5 Å². The van der Waals surface area contributed by atoms with Crippen molar-refractivity contribution in [3.63, 3.8) is 0 Å². The van der Waals surface area contributed by atoms with Gasteiger partial charge in [-0.25, -0.2) is 0 Å². The average molecular weight is 460 g/mol. The third-order valence-electron chi connectivity index (χ3n) is 4.78. The SMILES string of the molecule is CCOc1cc(CNCCc2ccc(OC)cc2)cc(Cl)c1OCc1ccccc1Cl. The molecule has 31 heavy (non-hydrogen) atoms. The average Bonchev–Trinajstić information content (AvgIpc) is 2.78. The Morgan fingerprint density at radius 1 is 0.871 bits per heavy atom. The van der Waals surface area contributed by atoms with Crippen LogP contribution in [0.4, 0.5) is 0 Å². The van der Waals surface area contributed by atoms with E-state index in [-0.39, 0.29) is 0 Å². The van der Waals surface area contributed by atoms with Gasteiger partial charge in [0.15, 0.2) is 11.5 Å². The molecule has 164 valence electrons. The van der Waals surface area contributed by atoms with Gasteiger partial charge in [0.05, 0.1) is 18.7 Å². The number of rotatable bonds is 11. The van der Waals surface area contributed by atoms with Gasteiger partial charge in [0, 0.05) is 17.1 Å². The van der Waals surface area contributed by atoms with Crippen LogP contribution in [0.15, 0.2) is 60.7 Å². The van der Waals surface area contributed by atoms with Crippen LogP contribution in [-0.2, 0) is 19.6 Å². The van der Waals surface area contributed by atoms with E-state index in [0.717, 1.165) is 29.8 Å². The highest BCUT2D eigenvalue weighted by Crippen LogP contribution is 2.37. The third kappa shape index (κ3) is 6.79. The van der Waals surface area contributed by atoms with Gasteiger partial charge in [0.25, 0.3) is 0 Å². The summed E-state index contributed by atoms with van der Waals surface area (Å²) in [4.78, 5) is 0. The molecular formula is C25H27Cl2NO3. The van der Waals surface area contributed by atoms with Gasteiger partial charge in [-0.2, -0.15) is 0 Å². The number of methoxy groups -OCH3 is 1. The van der Waals surface area contributed by atoms with Gasteiger partial charge in [-0.3, -0.25) is 0 Å². The summed E-state index contributed by atoms with van der Waals surface area (Å²) >= 11 is 12.8. The van der Waals surface area contributed by atoms with Crippen molar-refractivity contribution in [3.8, 4) is 17.2 Å². The summed E-state index contributed by atoms with van der Waals surface area (Å²) in [5.74, 6) is 2.03. The van der Waals surface area contributed by atoms with Crippen LogP contribution >= 0.6 is 23.2 Å². The molecule has 0 fully saturated rings. The molecule has 0 bridgehead atoms. The van der Waals surface area contributed by atoms with Crippen LogP contribution in [-0.4, -0.2) is 20.3 Å². The molecule has 0 aromatic heterocycles. The van der Waals surface area contributed by atoms with E-state index in [1.54, 1.807) is 7.11 Å². The number of nitrogens with one attached hydrogen (secondary N) is 1. The summed E-state index contributed by atoms with van der Waals surface area (Å²) in [6, 6.07) is 19.6. The van der Waals surface area contributed by atoms with Crippen LogP contribution in [0.3, 0.4) is 0 Å². The smallest absolute Gasteiger partial charge is 0.180 e. The predicted molar refractivity (Wildman–Crippen MR) is 127 cm³/mol. The quantitative estimate of drug-likeness (QED) is 0.341. The zero-order valence-corrected chi connectivity index (χ0v) is 19.3. The van der Waals surface area contributed by atoms with Gasteiger partial charge in [-0.15, -0.1) is 0 Å². The molecule has 0 radical (unpaired) electrons. The summed E-state index contributed by atoms with van der Waals surface area (Å²) in [5, 5.41) is 4.64. The monoisotopic (exact) mass is 459 g/mol. The van der Waals surface area contributed by atoms with Crippen molar-refractivity contribution in [2.75, 3.05) is 20.3 Å². The van der Waals surface area contributed by atoms with Crippen molar-refractivity contribution in [2.45, 2.75) is 26.5 Å². The lowest BCUT2D eigenvalue weighted by Crippen LogP contribution is -2.17. The molecule has 3 aromatic rings. The highest BCUT2D eigenvalue weighted by molar-refractivity contribution is 6.32. The Morgan fingerprint density at radius 3 is 2.35 bits per heavy atom. The van der Waals surface area contributed by atoms with E-state index in [2.05, 4.69) is 17.4 Å².